The normalized spacial score (nSPS) is 26.4. The van der Waals surface area contributed by atoms with Gasteiger partial charge in [-0.15, -0.1) is 36.4 Å². The molecule has 3 fully saturated rings. The average Bonchev–Trinajstić information content (AvgIpc) is 3.80. The van der Waals surface area contributed by atoms with Crippen molar-refractivity contribution in [2.75, 3.05) is 9.80 Å². The summed E-state index contributed by atoms with van der Waals surface area (Å²) < 4.78 is 124. The van der Waals surface area contributed by atoms with Gasteiger partial charge in [-0.25, -0.2) is 31.8 Å². The number of carbonyl (C=O) groups excluding carboxylic acids is 4. The number of allylic oxidation sites excluding steroid dienone is 2. The number of ether oxygens (including phenoxy) is 1. The van der Waals surface area contributed by atoms with Crippen LogP contribution in [0.3, 0.4) is 0 Å². The average molecular weight is 879 g/mol. The number of imide groups is 2. The zero-order valence-electron chi connectivity index (χ0n) is 29.7. The number of fused-ring (bicyclic) bond motifs is 5. The van der Waals surface area contributed by atoms with Crippen molar-refractivity contribution < 1.29 is 68.6 Å². The summed E-state index contributed by atoms with van der Waals surface area (Å²) in [4.78, 5) is 56.2. The Kier molecular flexibility index (Phi) is 8.71. The van der Waals surface area contributed by atoms with E-state index in [-0.39, 0.29) is 23.6 Å². The molecule has 2 aliphatic heterocycles. The standard InChI is InChI=1S/C40H21Cl2F8N3O7/c41-38-14-21-18(10-11-19-25(21)35(56)52(34(19)55)16-7-5-15(6-8-16)33-51-22-3-1-2-4-24(22)59-33)26(20-13-17(9-12-23(20)54)60-40(48,49)50)39(38,42)37(58)53(36(38)57)32-30(46)28(44)27(43)29(45)31(32)47/h1-10,12-13,19,21,25-26,54H,11,14H2/t19-,21+,25-,26+,38+,39-/m0/s1. The zero-order valence-corrected chi connectivity index (χ0v) is 31.2. The van der Waals surface area contributed by atoms with Gasteiger partial charge in [0.05, 0.1) is 17.5 Å². The molecular formula is C40H21Cl2F8N3O7. The Balaban J connectivity index is 1.17. The van der Waals surface area contributed by atoms with Crippen LogP contribution in [0, 0.1) is 46.8 Å². The molecule has 9 rings (SSSR count). The number of carbonyl (C=O) groups is 4. The molecule has 4 amide bonds. The highest BCUT2D eigenvalue weighted by Gasteiger charge is 2.77. The van der Waals surface area contributed by atoms with Crippen LogP contribution >= 0.6 is 23.2 Å². The van der Waals surface area contributed by atoms with Crippen LogP contribution in [0.15, 0.2) is 82.8 Å². The highest BCUT2D eigenvalue weighted by atomic mass is 35.5. The van der Waals surface area contributed by atoms with E-state index in [1.807, 2.05) is 0 Å². The summed E-state index contributed by atoms with van der Waals surface area (Å²) in [6.07, 6.45) is -5.16. The lowest BCUT2D eigenvalue weighted by Gasteiger charge is -2.50. The lowest BCUT2D eigenvalue weighted by molar-refractivity contribution is -0.274. The fourth-order valence-corrected chi connectivity index (χ4v) is 9.80. The predicted octanol–water partition coefficient (Wildman–Crippen LogP) is 8.56. The third-order valence-electron chi connectivity index (χ3n) is 11.4. The van der Waals surface area contributed by atoms with Crippen LogP contribution in [0.4, 0.5) is 46.5 Å². The number of phenols is 1. The number of phenolic OH excluding ortho intramolecular Hbond substituents is 1. The predicted molar refractivity (Wildman–Crippen MR) is 193 cm³/mol. The molecule has 1 N–H and O–H groups in total. The third-order valence-corrected chi connectivity index (χ3v) is 12.8. The molecule has 10 nitrogen and oxygen atoms in total. The van der Waals surface area contributed by atoms with Crippen LogP contribution in [-0.2, 0) is 19.2 Å². The Morgan fingerprint density at radius 3 is 2.10 bits per heavy atom. The first-order valence-corrected chi connectivity index (χ1v) is 18.4. The van der Waals surface area contributed by atoms with Crippen LogP contribution in [0.1, 0.15) is 24.3 Å². The monoisotopic (exact) mass is 877 g/mol. The Hall–Kier alpha value is -6.01. The van der Waals surface area contributed by atoms with Crippen molar-refractivity contribution in [3.8, 4) is 23.0 Å². The van der Waals surface area contributed by atoms with Crippen LogP contribution < -0.4 is 14.5 Å². The molecule has 5 aromatic rings. The maximum atomic E-state index is 15.3. The van der Waals surface area contributed by atoms with Crippen LogP contribution in [0.25, 0.3) is 22.6 Å². The molecule has 0 radical (unpaired) electrons. The number of rotatable bonds is 5. The Morgan fingerprint density at radius 1 is 0.800 bits per heavy atom. The SMILES string of the molecule is O=C1[C@H]2[C@H](CC=C3[C@H]2C[C@@]2(Cl)C(=O)N(c4c(F)c(F)c(F)c(F)c4F)C(=O)[C@@]2(Cl)[C@H]3c2cc(OC(F)(F)F)ccc2O)C(=O)N1c1ccc(-c2nc3ccccc3o2)cc1. The fraction of sp³-hybridized carbons (Fsp3) is 0.225. The number of nitrogens with zero attached hydrogens (tertiary/aromatic N) is 3. The van der Waals surface area contributed by atoms with Gasteiger partial charge in [-0.05, 0) is 73.4 Å². The number of halogens is 10. The number of aromatic nitrogens is 1. The first kappa shape index (κ1) is 39.5. The highest BCUT2D eigenvalue weighted by Crippen LogP contribution is 2.67. The number of aromatic hydroxyl groups is 1. The van der Waals surface area contributed by atoms with Crippen molar-refractivity contribution in [2.45, 2.75) is 34.9 Å². The molecule has 2 aliphatic carbocycles. The molecule has 0 bridgehead atoms. The van der Waals surface area contributed by atoms with Crippen molar-refractivity contribution >= 4 is 69.3 Å². The minimum absolute atomic E-state index is 0.0831. The molecular weight excluding hydrogens is 857 g/mol. The van der Waals surface area contributed by atoms with Crippen molar-refractivity contribution in [3.63, 3.8) is 0 Å². The minimum atomic E-state index is -5.31. The summed E-state index contributed by atoms with van der Waals surface area (Å²) >= 11 is 14.1. The van der Waals surface area contributed by atoms with Gasteiger partial charge in [-0.1, -0.05) is 23.8 Å². The van der Waals surface area contributed by atoms with E-state index in [4.69, 9.17) is 27.6 Å². The highest BCUT2D eigenvalue weighted by molar-refractivity contribution is 6.58. The first-order valence-electron chi connectivity index (χ1n) is 17.7. The van der Waals surface area contributed by atoms with Gasteiger partial charge < -0.3 is 14.3 Å². The molecule has 308 valence electrons. The topological polar surface area (TPSA) is 130 Å². The summed E-state index contributed by atoms with van der Waals surface area (Å²) in [5.41, 5.74) is -1.20. The molecule has 60 heavy (non-hydrogen) atoms. The van der Waals surface area contributed by atoms with E-state index >= 15 is 8.78 Å². The van der Waals surface area contributed by atoms with Gasteiger partial charge in [0.15, 0.2) is 38.6 Å². The molecule has 3 heterocycles. The molecule has 4 aromatic carbocycles. The van der Waals surface area contributed by atoms with Gasteiger partial charge in [-0.2, -0.15) is 0 Å². The first-order chi connectivity index (χ1) is 28.3. The summed E-state index contributed by atoms with van der Waals surface area (Å²) in [5.74, 6) is -26.0. The zero-order chi connectivity index (χ0) is 43.0. The fourth-order valence-electron chi connectivity index (χ4n) is 8.88. The van der Waals surface area contributed by atoms with E-state index in [1.165, 1.54) is 30.3 Å². The lowest BCUT2D eigenvalue weighted by atomic mass is 9.56. The number of amides is 4. The molecule has 2 saturated heterocycles. The quantitative estimate of drug-likeness (QED) is 0.0465. The van der Waals surface area contributed by atoms with E-state index in [9.17, 15) is 50.6 Å². The maximum absolute atomic E-state index is 15.3. The summed E-state index contributed by atoms with van der Waals surface area (Å²) in [5, 5.41) is 11.2. The molecule has 4 aliphatic rings. The summed E-state index contributed by atoms with van der Waals surface area (Å²) in [7, 11) is 0. The van der Waals surface area contributed by atoms with Crippen LogP contribution in [0.5, 0.6) is 11.5 Å². The molecule has 1 saturated carbocycles. The van der Waals surface area contributed by atoms with E-state index in [0.29, 0.717) is 34.9 Å². The largest absolute Gasteiger partial charge is 0.573 e. The van der Waals surface area contributed by atoms with Crippen LogP contribution in [-0.4, -0.2) is 49.8 Å². The Labute approximate surface area is 340 Å². The minimum Gasteiger partial charge on any atom is -0.508 e. The Bertz CT molecular complexity index is 2720. The second-order valence-electron chi connectivity index (χ2n) is 14.5. The number of anilines is 2. The van der Waals surface area contributed by atoms with E-state index in [1.54, 1.807) is 24.3 Å². The Morgan fingerprint density at radius 2 is 1.45 bits per heavy atom. The van der Waals surface area contributed by atoms with E-state index in [0.717, 1.165) is 4.90 Å². The third kappa shape index (κ3) is 5.42. The van der Waals surface area contributed by atoms with Gasteiger partial charge in [0, 0.05) is 17.0 Å². The van der Waals surface area contributed by atoms with Gasteiger partial charge >= 0.3 is 6.36 Å². The van der Waals surface area contributed by atoms with Crippen LogP contribution in [0.2, 0.25) is 0 Å². The van der Waals surface area contributed by atoms with E-state index < -0.39 is 127 Å². The van der Waals surface area contributed by atoms with Crippen molar-refractivity contribution in [2.24, 2.45) is 17.8 Å². The number of benzene rings is 4. The van der Waals surface area contributed by atoms with Crippen molar-refractivity contribution in [3.05, 3.63) is 113 Å². The molecule has 0 spiro atoms. The summed E-state index contributed by atoms with van der Waals surface area (Å²) in [6, 6.07) is 14.9. The number of hydrogen-bond donors (Lipinski definition) is 1. The smallest absolute Gasteiger partial charge is 0.508 e. The number of para-hydroxylation sites is 2. The van der Waals surface area contributed by atoms with Gasteiger partial charge in [0.25, 0.3) is 11.8 Å². The number of hydrogen-bond acceptors (Lipinski definition) is 8. The van der Waals surface area contributed by atoms with Gasteiger partial charge in [0.2, 0.25) is 23.5 Å². The molecule has 20 heteroatoms. The summed E-state index contributed by atoms with van der Waals surface area (Å²) in [6.45, 7) is 0. The molecule has 6 atom stereocenters. The van der Waals surface area contributed by atoms with Crippen molar-refractivity contribution in [1.29, 1.82) is 0 Å². The van der Waals surface area contributed by atoms with E-state index in [2.05, 4.69) is 9.72 Å². The van der Waals surface area contributed by atoms with Crippen molar-refractivity contribution in [1.82, 2.24) is 4.98 Å². The number of oxazole rings is 1. The molecule has 1 aromatic heterocycles. The second kappa shape index (κ2) is 13.2. The lowest BCUT2D eigenvalue weighted by Crippen LogP contribution is -2.60. The second-order valence-corrected chi connectivity index (χ2v) is 15.7. The van der Waals surface area contributed by atoms with Gasteiger partial charge in [0.1, 0.15) is 22.7 Å². The maximum Gasteiger partial charge on any atom is 0.573 e. The molecule has 0 unspecified atom stereocenters. The van der Waals surface area contributed by atoms with Gasteiger partial charge in [-0.3, -0.25) is 24.1 Å². The number of alkyl halides is 5.